The summed E-state index contributed by atoms with van der Waals surface area (Å²) in [6.45, 7) is 1.65. The molecule has 0 aliphatic rings. The maximum Gasteiger partial charge on any atom is 0.335 e. The van der Waals surface area contributed by atoms with E-state index in [1.807, 2.05) is 0 Å². The normalized spacial score (nSPS) is 11.1. The predicted molar refractivity (Wildman–Crippen MR) is 75.3 cm³/mol. The molecular weight excluding hydrogens is 297 g/mol. The molecule has 0 radical (unpaired) electrons. The molecule has 0 unspecified atom stereocenters. The third kappa shape index (κ3) is 3.38. The molecule has 21 heavy (non-hydrogen) atoms. The van der Waals surface area contributed by atoms with E-state index in [9.17, 15) is 17.6 Å². The Balaban J connectivity index is 2.33. The van der Waals surface area contributed by atoms with Crippen molar-refractivity contribution >= 4 is 21.7 Å². The standard InChI is InChI=1S/C14H12FNO4S/c1-9-2-7-12(15)13(8-9)21(19,20)16-11-5-3-10(4-6-11)14(17)18/h2-8,16H,1H3,(H,17,18). The van der Waals surface area contributed by atoms with Gasteiger partial charge in [0.15, 0.2) is 0 Å². The SMILES string of the molecule is Cc1ccc(F)c(S(=O)(=O)Nc2ccc(C(=O)O)cc2)c1. The summed E-state index contributed by atoms with van der Waals surface area (Å²) >= 11 is 0. The van der Waals surface area contributed by atoms with Gasteiger partial charge in [0.1, 0.15) is 10.7 Å². The van der Waals surface area contributed by atoms with Crippen LogP contribution in [0, 0.1) is 12.7 Å². The lowest BCUT2D eigenvalue weighted by Crippen LogP contribution is -2.15. The van der Waals surface area contributed by atoms with Gasteiger partial charge >= 0.3 is 5.97 Å². The van der Waals surface area contributed by atoms with Gasteiger partial charge in [-0.1, -0.05) is 6.07 Å². The summed E-state index contributed by atoms with van der Waals surface area (Å²) in [5.74, 6) is -1.97. The molecule has 0 bridgehead atoms. The minimum absolute atomic E-state index is 0.0275. The zero-order valence-corrected chi connectivity index (χ0v) is 11.8. The molecule has 2 rings (SSSR count). The molecule has 0 aliphatic heterocycles. The third-order valence-electron chi connectivity index (χ3n) is 2.76. The molecule has 0 amide bonds. The first kappa shape index (κ1) is 15.0. The van der Waals surface area contributed by atoms with Crippen molar-refractivity contribution in [2.75, 3.05) is 4.72 Å². The van der Waals surface area contributed by atoms with Crippen LogP contribution in [0.2, 0.25) is 0 Å². The number of nitrogens with one attached hydrogen (secondary N) is 1. The highest BCUT2D eigenvalue weighted by Gasteiger charge is 2.19. The number of hydrogen-bond acceptors (Lipinski definition) is 3. The first-order chi connectivity index (χ1) is 9.79. The number of aryl methyl sites for hydroxylation is 1. The zero-order valence-electron chi connectivity index (χ0n) is 11.0. The summed E-state index contributed by atoms with van der Waals surface area (Å²) in [7, 11) is -4.07. The first-order valence-corrected chi connectivity index (χ1v) is 7.40. The van der Waals surface area contributed by atoms with Crippen LogP contribution in [0.1, 0.15) is 15.9 Å². The molecular formula is C14H12FNO4S. The Hall–Kier alpha value is -2.41. The number of aromatic carboxylic acids is 1. The smallest absolute Gasteiger partial charge is 0.335 e. The van der Waals surface area contributed by atoms with Crippen LogP contribution < -0.4 is 4.72 Å². The van der Waals surface area contributed by atoms with Crippen molar-refractivity contribution in [3.63, 3.8) is 0 Å². The summed E-state index contributed by atoms with van der Waals surface area (Å²) in [5, 5.41) is 8.76. The van der Waals surface area contributed by atoms with Gasteiger partial charge in [-0.3, -0.25) is 4.72 Å². The Kier molecular flexibility index (Phi) is 3.95. The van der Waals surface area contributed by atoms with Gasteiger partial charge < -0.3 is 5.11 Å². The van der Waals surface area contributed by atoms with Gasteiger partial charge in [-0.25, -0.2) is 17.6 Å². The van der Waals surface area contributed by atoms with Gasteiger partial charge in [-0.2, -0.15) is 0 Å². The minimum Gasteiger partial charge on any atom is -0.478 e. The molecule has 2 N–H and O–H groups in total. The van der Waals surface area contributed by atoms with Crippen molar-refractivity contribution in [3.8, 4) is 0 Å². The lowest BCUT2D eigenvalue weighted by Gasteiger charge is -2.09. The fourth-order valence-corrected chi connectivity index (χ4v) is 2.93. The highest BCUT2D eigenvalue weighted by Crippen LogP contribution is 2.20. The van der Waals surface area contributed by atoms with Crippen LogP contribution in [-0.4, -0.2) is 19.5 Å². The summed E-state index contributed by atoms with van der Waals surface area (Å²) in [6.07, 6.45) is 0. The maximum atomic E-state index is 13.6. The highest BCUT2D eigenvalue weighted by atomic mass is 32.2. The minimum atomic E-state index is -4.07. The fraction of sp³-hybridized carbons (Fsp3) is 0.0714. The van der Waals surface area contributed by atoms with Crippen molar-refractivity contribution in [2.45, 2.75) is 11.8 Å². The molecule has 0 fully saturated rings. The van der Waals surface area contributed by atoms with E-state index in [1.165, 1.54) is 36.4 Å². The quantitative estimate of drug-likeness (QED) is 0.909. The Bertz CT molecular complexity index is 785. The first-order valence-electron chi connectivity index (χ1n) is 5.92. The molecule has 2 aromatic rings. The van der Waals surface area contributed by atoms with Crippen molar-refractivity contribution in [2.24, 2.45) is 0 Å². The number of halogens is 1. The third-order valence-corrected chi connectivity index (χ3v) is 4.16. The van der Waals surface area contributed by atoms with E-state index in [0.29, 0.717) is 5.56 Å². The molecule has 0 aromatic heterocycles. The molecule has 0 aliphatic carbocycles. The summed E-state index contributed by atoms with van der Waals surface area (Å²) < 4.78 is 40.1. The number of hydrogen-bond donors (Lipinski definition) is 2. The van der Waals surface area contributed by atoms with Gasteiger partial charge in [-0.15, -0.1) is 0 Å². The van der Waals surface area contributed by atoms with Gasteiger partial charge in [0.25, 0.3) is 10.0 Å². The van der Waals surface area contributed by atoms with Crippen LogP contribution in [0.25, 0.3) is 0 Å². The molecule has 0 spiro atoms. The number of carbonyl (C=O) groups is 1. The number of rotatable bonds is 4. The van der Waals surface area contributed by atoms with Crippen molar-refractivity contribution in [3.05, 3.63) is 59.4 Å². The second-order valence-corrected chi connectivity index (χ2v) is 6.07. The highest BCUT2D eigenvalue weighted by molar-refractivity contribution is 7.92. The fourth-order valence-electron chi connectivity index (χ4n) is 1.71. The van der Waals surface area contributed by atoms with Crippen LogP contribution in [-0.2, 0) is 10.0 Å². The van der Waals surface area contributed by atoms with E-state index in [2.05, 4.69) is 4.72 Å². The molecule has 0 atom stereocenters. The van der Waals surface area contributed by atoms with Crippen LogP contribution >= 0.6 is 0 Å². The summed E-state index contributed by atoms with van der Waals surface area (Å²) in [4.78, 5) is 10.3. The Labute approximate surface area is 121 Å². The largest absolute Gasteiger partial charge is 0.478 e. The average Bonchev–Trinajstić information content (AvgIpc) is 2.41. The van der Waals surface area contributed by atoms with E-state index in [0.717, 1.165) is 6.07 Å². The lowest BCUT2D eigenvalue weighted by molar-refractivity contribution is 0.0697. The predicted octanol–water partition coefficient (Wildman–Crippen LogP) is 2.63. The van der Waals surface area contributed by atoms with E-state index in [-0.39, 0.29) is 11.3 Å². The molecule has 2 aromatic carbocycles. The number of benzene rings is 2. The summed E-state index contributed by atoms with van der Waals surface area (Å²) in [5.41, 5.74) is 0.790. The number of anilines is 1. The Morgan fingerprint density at radius 3 is 2.33 bits per heavy atom. The molecule has 0 saturated carbocycles. The average molecular weight is 309 g/mol. The van der Waals surface area contributed by atoms with E-state index in [4.69, 9.17) is 5.11 Å². The van der Waals surface area contributed by atoms with E-state index < -0.39 is 26.7 Å². The van der Waals surface area contributed by atoms with Crippen LogP contribution in [0.5, 0.6) is 0 Å². The molecule has 0 saturated heterocycles. The van der Waals surface area contributed by atoms with Crippen LogP contribution in [0.3, 0.4) is 0 Å². The van der Waals surface area contributed by atoms with Crippen molar-refractivity contribution in [1.29, 1.82) is 0 Å². The van der Waals surface area contributed by atoms with Gasteiger partial charge in [0, 0.05) is 5.69 Å². The Morgan fingerprint density at radius 2 is 1.76 bits per heavy atom. The monoisotopic (exact) mass is 309 g/mol. The van der Waals surface area contributed by atoms with Crippen LogP contribution in [0.15, 0.2) is 47.4 Å². The van der Waals surface area contributed by atoms with Crippen molar-refractivity contribution < 1.29 is 22.7 Å². The van der Waals surface area contributed by atoms with Gasteiger partial charge in [0.2, 0.25) is 0 Å². The van der Waals surface area contributed by atoms with Gasteiger partial charge in [0.05, 0.1) is 5.56 Å². The van der Waals surface area contributed by atoms with Crippen molar-refractivity contribution in [1.82, 2.24) is 0 Å². The zero-order chi connectivity index (χ0) is 15.6. The molecule has 7 heteroatoms. The molecule has 5 nitrogen and oxygen atoms in total. The van der Waals surface area contributed by atoms with Gasteiger partial charge in [-0.05, 0) is 48.9 Å². The number of carboxylic acid groups (broad SMARTS) is 1. The summed E-state index contributed by atoms with van der Waals surface area (Å²) in [6, 6.07) is 8.89. The second kappa shape index (κ2) is 5.53. The topological polar surface area (TPSA) is 83.5 Å². The number of carboxylic acids is 1. The lowest BCUT2D eigenvalue weighted by atomic mass is 10.2. The molecule has 0 heterocycles. The number of sulfonamides is 1. The van der Waals surface area contributed by atoms with E-state index in [1.54, 1.807) is 6.92 Å². The second-order valence-electron chi connectivity index (χ2n) is 4.42. The molecule has 110 valence electrons. The van der Waals surface area contributed by atoms with E-state index >= 15 is 0 Å². The maximum absolute atomic E-state index is 13.6. The Morgan fingerprint density at radius 1 is 1.14 bits per heavy atom. The van der Waals surface area contributed by atoms with Crippen LogP contribution in [0.4, 0.5) is 10.1 Å².